The fraction of sp³-hybridized carbons (Fsp3) is 0.400. The van der Waals surface area contributed by atoms with E-state index in [9.17, 15) is 9.18 Å². The van der Waals surface area contributed by atoms with E-state index in [1.807, 2.05) is 11.9 Å². The number of likely N-dealkylation sites (tertiary alicyclic amines) is 1. The summed E-state index contributed by atoms with van der Waals surface area (Å²) < 4.78 is 12.9. The van der Waals surface area contributed by atoms with Crippen LogP contribution < -0.4 is 5.32 Å². The SMILES string of the molecule is CNCC1CCCN1C(=O)c1cnn(-c2ccc(F)cc2)n1. The number of halogens is 1. The molecule has 0 aliphatic carbocycles. The summed E-state index contributed by atoms with van der Waals surface area (Å²) in [6.07, 6.45) is 3.46. The smallest absolute Gasteiger partial charge is 0.276 e. The average Bonchev–Trinajstić information content (AvgIpc) is 3.17. The molecule has 1 saturated heterocycles. The third-order valence-electron chi connectivity index (χ3n) is 3.85. The van der Waals surface area contributed by atoms with Gasteiger partial charge in [-0.05, 0) is 44.2 Å². The molecular weight excluding hydrogens is 285 g/mol. The Morgan fingerprint density at radius 3 is 2.91 bits per heavy atom. The lowest BCUT2D eigenvalue weighted by atomic mass is 10.2. The number of carbonyl (C=O) groups excluding carboxylic acids is 1. The number of nitrogens with one attached hydrogen (secondary N) is 1. The molecule has 1 amide bonds. The van der Waals surface area contributed by atoms with Gasteiger partial charge in [-0.25, -0.2) is 4.39 Å². The fourth-order valence-electron chi connectivity index (χ4n) is 2.76. The Labute approximate surface area is 127 Å². The van der Waals surface area contributed by atoms with Crippen LogP contribution in [0.4, 0.5) is 4.39 Å². The number of hydrogen-bond acceptors (Lipinski definition) is 4. The summed E-state index contributed by atoms with van der Waals surface area (Å²) in [6, 6.07) is 6.02. The number of amides is 1. The molecule has 0 spiro atoms. The van der Waals surface area contributed by atoms with E-state index in [0.717, 1.165) is 25.9 Å². The van der Waals surface area contributed by atoms with Crippen molar-refractivity contribution in [1.29, 1.82) is 0 Å². The molecule has 1 aliphatic heterocycles. The van der Waals surface area contributed by atoms with Gasteiger partial charge in [0.15, 0.2) is 5.69 Å². The van der Waals surface area contributed by atoms with E-state index in [1.54, 1.807) is 12.1 Å². The first-order chi connectivity index (χ1) is 10.7. The minimum absolute atomic E-state index is 0.105. The molecule has 0 bridgehead atoms. The molecule has 3 rings (SSSR count). The number of hydrogen-bond donors (Lipinski definition) is 1. The van der Waals surface area contributed by atoms with Gasteiger partial charge in [0.25, 0.3) is 5.91 Å². The molecule has 7 heteroatoms. The number of carbonyl (C=O) groups is 1. The molecule has 1 atom stereocenters. The second kappa shape index (κ2) is 6.23. The summed E-state index contributed by atoms with van der Waals surface area (Å²) in [5.41, 5.74) is 0.931. The van der Waals surface area contributed by atoms with Gasteiger partial charge >= 0.3 is 0 Å². The van der Waals surface area contributed by atoms with Gasteiger partial charge in [0.2, 0.25) is 0 Å². The number of nitrogens with zero attached hydrogens (tertiary/aromatic N) is 4. The molecule has 6 nitrogen and oxygen atoms in total. The highest BCUT2D eigenvalue weighted by Crippen LogP contribution is 2.19. The van der Waals surface area contributed by atoms with Crippen LogP contribution in [0.25, 0.3) is 5.69 Å². The van der Waals surface area contributed by atoms with Gasteiger partial charge in [-0.1, -0.05) is 0 Å². The number of aromatic nitrogens is 3. The molecule has 1 aliphatic rings. The monoisotopic (exact) mass is 303 g/mol. The summed E-state index contributed by atoms with van der Waals surface area (Å²) >= 11 is 0. The highest BCUT2D eigenvalue weighted by molar-refractivity contribution is 5.92. The van der Waals surface area contributed by atoms with Gasteiger partial charge in [-0.3, -0.25) is 4.79 Å². The van der Waals surface area contributed by atoms with Crippen molar-refractivity contribution in [1.82, 2.24) is 25.2 Å². The van der Waals surface area contributed by atoms with E-state index >= 15 is 0 Å². The van der Waals surface area contributed by atoms with Crippen molar-refractivity contribution >= 4 is 5.91 Å². The second-order valence-corrected chi connectivity index (χ2v) is 5.35. The molecule has 2 heterocycles. The number of benzene rings is 1. The summed E-state index contributed by atoms with van der Waals surface area (Å²) in [5, 5.41) is 11.4. The van der Waals surface area contributed by atoms with E-state index in [-0.39, 0.29) is 17.8 Å². The molecule has 1 fully saturated rings. The van der Waals surface area contributed by atoms with Crippen molar-refractivity contribution in [2.24, 2.45) is 0 Å². The summed E-state index contributed by atoms with van der Waals surface area (Å²) in [7, 11) is 1.88. The van der Waals surface area contributed by atoms with Crippen LogP contribution in [0.1, 0.15) is 23.3 Å². The van der Waals surface area contributed by atoms with Gasteiger partial charge in [-0.15, -0.1) is 5.10 Å². The van der Waals surface area contributed by atoms with Crippen LogP contribution in [0.15, 0.2) is 30.5 Å². The Kier molecular flexibility index (Phi) is 4.15. The van der Waals surface area contributed by atoms with Gasteiger partial charge in [0.1, 0.15) is 5.82 Å². The molecule has 1 unspecified atom stereocenters. The van der Waals surface area contributed by atoms with Crippen molar-refractivity contribution in [3.8, 4) is 5.69 Å². The molecule has 0 saturated carbocycles. The van der Waals surface area contributed by atoms with E-state index in [1.165, 1.54) is 23.1 Å². The molecular formula is C15H18FN5O. The predicted molar refractivity (Wildman–Crippen MR) is 79.3 cm³/mol. The highest BCUT2D eigenvalue weighted by Gasteiger charge is 2.30. The van der Waals surface area contributed by atoms with Crippen LogP contribution in [0.5, 0.6) is 0 Å². The average molecular weight is 303 g/mol. The Bertz CT molecular complexity index is 654. The van der Waals surface area contributed by atoms with E-state index in [2.05, 4.69) is 15.5 Å². The Balaban J connectivity index is 1.78. The van der Waals surface area contributed by atoms with Crippen molar-refractivity contribution in [3.05, 3.63) is 42.0 Å². The van der Waals surface area contributed by atoms with E-state index < -0.39 is 0 Å². The lowest BCUT2D eigenvalue weighted by Gasteiger charge is -2.23. The van der Waals surface area contributed by atoms with E-state index in [4.69, 9.17) is 0 Å². The minimum Gasteiger partial charge on any atom is -0.333 e. The first-order valence-electron chi connectivity index (χ1n) is 7.33. The van der Waals surface area contributed by atoms with Gasteiger partial charge in [0, 0.05) is 19.1 Å². The number of likely N-dealkylation sites (N-methyl/N-ethyl adjacent to an activating group) is 1. The quantitative estimate of drug-likeness (QED) is 0.923. The van der Waals surface area contributed by atoms with E-state index in [0.29, 0.717) is 11.4 Å². The molecule has 0 radical (unpaired) electrons. The molecule has 1 aromatic heterocycles. The third-order valence-corrected chi connectivity index (χ3v) is 3.85. The normalized spacial score (nSPS) is 17.9. The third kappa shape index (κ3) is 2.85. The first-order valence-corrected chi connectivity index (χ1v) is 7.33. The van der Waals surface area contributed by atoms with Crippen LogP contribution in [0.2, 0.25) is 0 Å². The Hall–Kier alpha value is -2.28. The lowest BCUT2D eigenvalue weighted by Crippen LogP contribution is -2.41. The summed E-state index contributed by atoms with van der Waals surface area (Å²) in [5.74, 6) is -0.426. The fourth-order valence-corrected chi connectivity index (χ4v) is 2.76. The van der Waals surface area contributed by atoms with Gasteiger partial charge in [-0.2, -0.15) is 9.90 Å². The topological polar surface area (TPSA) is 63.1 Å². The lowest BCUT2D eigenvalue weighted by molar-refractivity contribution is 0.0730. The van der Waals surface area contributed by atoms with Gasteiger partial charge in [0.05, 0.1) is 11.9 Å². The first kappa shape index (κ1) is 14.6. The van der Waals surface area contributed by atoms with Crippen molar-refractivity contribution < 1.29 is 9.18 Å². The van der Waals surface area contributed by atoms with Crippen molar-refractivity contribution in [2.45, 2.75) is 18.9 Å². The zero-order valence-corrected chi connectivity index (χ0v) is 12.4. The van der Waals surface area contributed by atoms with Crippen LogP contribution in [-0.4, -0.2) is 52.0 Å². The molecule has 1 N–H and O–H groups in total. The summed E-state index contributed by atoms with van der Waals surface area (Å²) in [6.45, 7) is 1.52. The zero-order chi connectivity index (χ0) is 15.5. The molecule has 116 valence electrons. The molecule has 1 aromatic carbocycles. The maximum atomic E-state index is 12.9. The largest absolute Gasteiger partial charge is 0.333 e. The standard InChI is InChI=1S/C15H18FN5O/c1-17-9-13-3-2-8-20(13)15(22)14-10-18-21(19-14)12-6-4-11(16)5-7-12/h4-7,10,13,17H,2-3,8-9H2,1H3. The number of rotatable bonds is 4. The maximum Gasteiger partial charge on any atom is 0.276 e. The Morgan fingerprint density at radius 2 is 2.18 bits per heavy atom. The van der Waals surface area contributed by atoms with Crippen LogP contribution in [0, 0.1) is 5.82 Å². The Morgan fingerprint density at radius 1 is 1.41 bits per heavy atom. The predicted octanol–water partition coefficient (Wildman–Crippen LogP) is 1.23. The van der Waals surface area contributed by atoms with Gasteiger partial charge < -0.3 is 10.2 Å². The summed E-state index contributed by atoms with van der Waals surface area (Å²) in [4.78, 5) is 15.7. The maximum absolute atomic E-state index is 12.9. The molecule has 2 aromatic rings. The highest BCUT2D eigenvalue weighted by atomic mass is 19.1. The minimum atomic E-state index is -0.320. The second-order valence-electron chi connectivity index (χ2n) is 5.35. The van der Waals surface area contributed by atoms with Crippen molar-refractivity contribution in [2.75, 3.05) is 20.1 Å². The van der Waals surface area contributed by atoms with Crippen molar-refractivity contribution in [3.63, 3.8) is 0 Å². The van der Waals surface area contributed by atoms with Crippen LogP contribution in [0.3, 0.4) is 0 Å². The zero-order valence-electron chi connectivity index (χ0n) is 12.4. The van der Waals surface area contributed by atoms with Crippen LogP contribution in [-0.2, 0) is 0 Å². The molecule has 22 heavy (non-hydrogen) atoms. The van der Waals surface area contributed by atoms with Crippen LogP contribution >= 0.6 is 0 Å².